The van der Waals surface area contributed by atoms with Gasteiger partial charge in [-0.1, -0.05) is 106 Å². The van der Waals surface area contributed by atoms with Gasteiger partial charge in [-0.25, -0.2) is 0 Å². The van der Waals surface area contributed by atoms with Crippen molar-refractivity contribution >= 4 is 5.91 Å². The predicted octanol–water partition coefficient (Wildman–Crippen LogP) is 7.66. The Kier molecular flexibility index (Phi) is 25.8. The maximum absolute atomic E-state index is 12.1. The standard InChI is InChI=1S/C32H53NO3/c1-3-5-7-8-9-10-11-12-13-14-15-16-17-18-19-20-21-22-23-24-26-28-32(36)33-30(29-34)31(35)27-25-6-4-2/h5,7,9-10,12-13,15-16,18-19,21-22,30-31,34-35H,3-4,6,8,11,14,17,20,23-29H2,1-2H3,(H,33,36)/b7-5-,10-9-,13-12-,16-15-,19-18-,22-21-. The molecular formula is C32H53NO3. The average molecular weight is 500 g/mol. The smallest absolute Gasteiger partial charge is 0.220 e. The number of hydrogen-bond acceptors (Lipinski definition) is 3. The van der Waals surface area contributed by atoms with Crippen LogP contribution >= 0.6 is 0 Å². The van der Waals surface area contributed by atoms with Gasteiger partial charge in [0.2, 0.25) is 5.91 Å². The number of aliphatic hydroxyl groups is 2. The lowest BCUT2D eigenvalue weighted by molar-refractivity contribution is -0.123. The lowest BCUT2D eigenvalue weighted by Crippen LogP contribution is -2.45. The summed E-state index contributed by atoms with van der Waals surface area (Å²) in [6.07, 6.45) is 38.5. The van der Waals surface area contributed by atoms with Crippen molar-refractivity contribution in [3.63, 3.8) is 0 Å². The highest BCUT2D eigenvalue weighted by Crippen LogP contribution is 2.08. The number of allylic oxidation sites excluding steroid dienone is 12. The fourth-order valence-electron chi connectivity index (χ4n) is 3.53. The van der Waals surface area contributed by atoms with Crippen molar-refractivity contribution in [1.82, 2.24) is 5.32 Å². The first-order valence-electron chi connectivity index (χ1n) is 14.1. The highest BCUT2D eigenvalue weighted by molar-refractivity contribution is 5.76. The van der Waals surface area contributed by atoms with E-state index < -0.39 is 12.1 Å². The third-order valence-corrected chi connectivity index (χ3v) is 5.73. The number of unbranched alkanes of at least 4 members (excludes halogenated alkanes) is 4. The van der Waals surface area contributed by atoms with Crippen molar-refractivity contribution in [2.75, 3.05) is 6.61 Å². The average Bonchev–Trinajstić information content (AvgIpc) is 2.88. The van der Waals surface area contributed by atoms with Gasteiger partial charge in [0, 0.05) is 6.42 Å². The maximum atomic E-state index is 12.1. The number of carbonyl (C=O) groups excluding carboxylic acids is 1. The van der Waals surface area contributed by atoms with E-state index in [2.05, 4.69) is 92.1 Å². The molecular weight excluding hydrogens is 446 g/mol. The van der Waals surface area contributed by atoms with Gasteiger partial charge in [0.25, 0.3) is 0 Å². The van der Waals surface area contributed by atoms with Crippen molar-refractivity contribution in [3.05, 3.63) is 72.9 Å². The fourth-order valence-corrected chi connectivity index (χ4v) is 3.53. The van der Waals surface area contributed by atoms with Crippen LogP contribution in [0.4, 0.5) is 0 Å². The monoisotopic (exact) mass is 499 g/mol. The number of rotatable bonds is 23. The van der Waals surface area contributed by atoms with Crippen LogP contribution in [0, 0.1) is 0 Å². The summed E-state index contributed by atoms with van der Waals surface area (Å²) in [6, 6.07) is -0.558. The summed E-state index contributed by atoms with van der Waals surface area (Å²) in [5, 5.41) is 22.4. The Balaban J connectivity index is 3.72. The lowest BCUT2D eigenvalue weighted by Gasteiger charge is -2.22. The molecule has 0 bridgehead atoms. The van der Waals surface area contributed by atoms with Crippen molar-refractivity contribution < 1.29 is 15.0 Å². The van der Waals surface area contributed by atoms with Crippen molar-refractivity contribution in [1.29, 1.82) is 0 Å². The molecule has 4 heteroatoms. The summed E-state index contributed by atoms with van der Waals surface area (Å²) >= 11 is 0. The fraction of sp³-hybridized carbons (Fsp3) is 0.594. The zero-order chi connectivity index (χ0) is 26.5. The Morgan fingerprint density at radius 1 is 0.694 bits per heavy atom. The number of carbonyl (C=O) groups is 1. The molecule has 0 saturated carbocycles. The van der Waals surface area contributed by atoms with E-state index in [1.165, 1.54) is 0 Å². The molecule has 0 aliphatic rings. The number of aliphatic hydroxyl groups excluding tert-OH is 2. The number of amides is 1. The molecule has 0 saturated heterocycles. The van der Waals surface area contributed by atoms with Crippen LogP contribution in [0.3, 0.4) is 0 Å². The molecule has 0 heterocycles. The second-order valence-electron chi connectivity index (χ2n) is 9.08. The summed E-state index contributed by atoms with van der Waals surface area (Å²) in [4.78, 5) is 12.1. The minimum Gasteiger partial charge on any atom is -0.394 e. The van der Waals surface area contributed by atoms with Crippen LogP contribution in [0.2, 0.25) is 0 Å². The quantitative estimate of drug-likeness (QED) is 0.0998. The second kappa shape index (κ2) is 27.4. The molecule has 0 spiro atoms. The number of nitrogens with one attached hydrogen (secondary N) is 1. The van der Waals surface area contributed by atoms with E-state index in [4.69, 9.17) is 0 Å². The zero-order valence-corrected chi connectivity index (χ0v) is 23.0. The third kappa shape index (κ3) is 23.6. The molecule has 1 amide bonds. The molecule has 2 unspecified atom stereocenters. The van der Waals surface area contributed by atoms with Gasteiger partial charge < -0.3 is 15.5 Å². The van der Waals surface area contributed by atoms with Gasteiger partial charge in [-0.3, -0.25) is 4.79 Å². The van der Waals surface area contributed by atoms with Crippen LogP contribution in [-0.4, -0.2) is 34.9 Å². The summed E-state index contributed by atoms with van der Waals surface area (Å²) < 4.78 is 0. The van der Waals surface area contributed by atoms with E-state index in [9.17, 15) is 15.0 Å². The zero-order valence-electron chi connectivity index (χ0n) is 23.0. The lowest BCUT2D eigenvalue weighted by atomic mass is 10.0. The van der Waals surface area contributed by atoms with Crippen LogP contribution in [0.15, 0.2) is 72.9 Å². The topological polar surface area (TPSA) is 69.6 Å². The van der Waals surface area contributed by atoms with Crippen molar-refractivity contribution in [3.8, 4) is 0 Å². The maximum Gasteiger partial charge on any atom is 0.220 e. The molecule has 0 aliphatic carbocycles. The van der Waals surface area contributed by atoms with E-state index in [0.717, 1.165) is 77.0 Å². The minimum absolute atomic E-state index is 0.0913. The van der Waals surface area contributed by atoms with Crippen LogP contribution < -0.4 is 5.32 Å². The van der Waals surface area contributed by atoms with E-state index in [0.29, 0.717) is 12.8 Å². The number of hydrogen-bond donors (Lipinski definition) is 3. The first-order valence-corrected chi connectivity index (χ1v) is 14.1. The molecule has 4 nitrogen and oxygen atoms in total. The highest BCUT2D eigenvalue weighted by atomic mass is 16.3. The summed E-state index contributed by atoms with van der Waals surface area (Å²) in [6.45, 7) is 4.04. The molecule has 0 rings (SSSR count). The van der Waals surface area contributed by atoms with E-state index in [1.54, 1.807) is 0 Å². The van der Waals surface area contributed by atoms with Crippen molar-refractivity contribution in [2.24, 2.45) is 0 Å². The predicted molar refractivity (Wildman–Crippen MR) is 156 cm³/mol. The molecule has 0 aromatic carbocycles. The second-order valence-corrected chi connectivity index (χ2v) is 9.08. The largest absolute Gasteiger partial charge is 0.394 e. The Morgan fingerprint density at radius 3 is 1.67 bits per heavy atom. The van der Waals surface area contributed by atoms with Crippen LogP contribution in [-0.2, 0) is 4.79 Å². The minimum atomic E-state index is -0.676. The third-order valence-electron chi connectivity index (χ3n) is 5.73. The Hall–Kier alpha value is -2.17. The van der Waals surface area contributed by atoms with Gasteiger partial charge in [0.15, 0.2) is 0 Å². The molecule has 0 fully saturated rings. The highest BCUT2D eigenvalue weighted by Gasteiger charge is 2.19. The molecule has 0 radical (unpaired) electrons. The van der Waals surface area contributed by atoms with Crippen molar-refractivity contribution in [2.45, 2.75) is 116 Å². The van der Waals surface area contributed by atoms with E-state index in [1.807, 2.05) is 0 Å². The summed E-state index contributed by atoms with van der Waals surface area (Å²) in [5.41, 5.74) is 0. The van der Waals surface area contributed by atoms with Gasteiger partial charge in [0.05, 0.1) is 18.8 Å². The first kappa shape index (κ1) is 33.8. The van der Waals surface area contributed by atoms with Crippen LogP contribution in [0.25, 0.3) is 0 Å². The molecule has 0 aliphatic heterocycles. The molecule has 3 N–H and O–H groups in total. The SMILES string of the molecule is CC/C=C\C/C=C\C/C=C\C/C=C\C/C=C\C/C=C\CCCCC(=O)NC(CO)C(O)CCCCC. The van der Waals surface area contributed by atoms with Gasteiger partial charge >= 0.3 is 0 Å². The Labute approximate surface area is 221 Å². The Morgan fingerprint density at radius 2 is 1.19 bits per heavy atom. The normalized spacial score (nSPS) is 14.4. The molecule has 0 aromatic heterocycles. The van der Waals surface area contributed by atoms with Gasteiger partial charge in [-0.05, 0) is 64.2 Å². The van der Waals surface area contributed by atoms with Gasteiger partial charge in [-0.15, -0.1) is 0 Å². The van der Waals surface area contributed by atoms with Gasteiger partial charge in [0.1, 0.15) is 0 Å². The van der Waals surface area contributed by atoms with Crippen LogP contribution in [0.5, 0.6) is 0 Å². The van der Waals surface area contributed by atoms with Crippen LogP contribution in [0.1, 0.15) is 104 Å². The van der Waals surface area contributed by atoms with E-state index in [-0.39, 0.29) is 12.5 Å². The molecule has 36 heavy (non-hydrogen) atoms. The molecule has 0 aromatic rings. The summed E-state index contributed by atoms with van der Waals surface area (Å²) in [7, 11) is 0. The van der Waals surface area contributed by atoms with Gasteiger partial charge in [-0.2, -0.15) is 0 Å². The molecule has 204 valence electrons. The summed E-state index contributed by atoms with van der Waals surface area (Å²) in [5.74, 6) is -0.0913. The van der Waals surface area contributed by atoms with E-state index >= 15 is 0 Å². The molecule has 2 atom stereocenters. The first-order chi connectivity index (χ1) is 17.7. The Bertz CT molecular complexity index is 673.